The molecule has 0 aliphatic rings. The second kappa shape index (κ2) is 10.6. The lowest BCUT2D eigenvalue weighted by Crippen LogP contribution is -2.88. The minimum atomic E-state index is -0.172. The number of aryl methyl sites for hydroxylation is 1. The third-order valence-corrected chi connectivity index (χ3v) is 4.81. The summed E-state index contributed by atoms with van der Waals surface area (Å²) in [6, 6.07) is 15.9. The van der Waals surface area contributed by atoms with Gasteiger partial charge in [0, 0.05) is 29.8 Å². The Balaban J connectivity index is 1.98. The zero-order chi connectivity index (χ0) is 20.5. The fourth-order valence-corrected chi connectivity index (χ4v) is 3.32. The SMILES string of the molecule is CCCc1ccc([C@@H]([NH2+]CC(=O)Nc2cccc(C(=O)NC)c2)C(C)C)cc1. The molecule has 2 rings (SSSR count). The van der Waals surface area contributed by atoms with E-state index in [0.29, 0.717) is 23.7 Å². The molecule has 5 nitrogen and oxygen atoms in total. The smallest absolute Gasteiger partial charge is 0.279 e. The first-order valence-electron chi connectivity index (χ1n) is 9.98. The molecule has 0 aliphatic carbocycles. The first-order chi connectivity index (χ1) is 13.4. The Hall–Kier alpha value is -2.66. The van der Waals surface area contributed by atoms with Crippen LogP contribution in [-0.2, 0) is 11.2 Å². The Bertz CT molecular complexity index is 785. The molecular formula is C23H32N3O2+. The summed E-state index contributed by atoms with van der Waals surface area (Å²) >= 11 is 0. The van der Waals surface area contributed by atoms with E-state index in [0.717, 1.165) is 12.8 Å². The van der Waals surface area contributed by atoms with E-state index in [1.165, 1.54) is 11.1 Å². The van der Waals surface area contributed by atoms with Gasteiger partial charge < -0.3 is 16.0 Å². The number of nitrogens with two attached hydrogens (primary N) is 1. The van der Waals surface area contributed by atoms with Crippen molar-refractivity contribution in [3.05, 3.63) is 65.2 Å². The van der Waals surface area contributed by atoms with Crippen LogP contribution in [0.3, 0.4) is 0 Å². The van der Waals surface area contributed by atoms with Crippen LogP contribution in [0.4, 0.5) is 5.69 Å². The van der Waals surface area contributed by atoms with Gasteiger partial charge in [-0.3, -0.25) is 9.59 Å². The zero-order valence-corrected chi connectivity index (χ0v) is 17.3. The molecule has 28 heavy (non-hydrogen) atoms. The maximum Gasteiger partial charge on any atom is 0.279 e. The number of anilines is 1. The molecule has 1 atom stereocenters. The highest BCUT2D eigenvalue weighted by Gasteiger charge is 2.20. The van der Waals surface area contributed by atoms with E-state index in [2.05, 4.69) is 61.0 Å². The van der Waals surface area contributed by atoms with Gasteiger partial charge in [-0.15, -0.1) is 0 Å². The van der Waals surface area contributed by atoms with Crippen LogP contribution < -0.4 is 16.0 Å². The fourth-order valence-electron chi connectivity index (χ4n) is 3.32. The first kappa shape index (κ1) is 21.6. The van der Waals surface area contributed by atoms with Gasteiger partial charge in [-0.2, -0.15) is 0 Å². The van der Waals surface area contributed by atoms with E-state index in [4.69, 9.17) is 0 Å². The van der Waals surface area contributed by atoms with Gasteiger partial charge in [0.25, 0.3) is 11.8 Å². The molecule has 4 N–H and O–H groups in total. The quantitative estimate of drug-likeness (QED) is 0.624. The lowest BCUT2D eigenvalue weighted by molar-refractivity contribution is -0.692. The standard InChI is InChI=1S/C23H31N3O2/c1-5-7-17-10-12-18(13-11-17)22(16(2)3)25-15-21(27)26-20-9-6-8-19(14-20)23(28)24-4/h6,8-14,16,22,25H,5,7,15H2,1-4H3,(H,24,28)(H,26,27)/p+1/t22-/m0/s1. The van der Waals surface area contributed by atoms with Crippen LogP contribution in [0.5, 0.6) is 0 Å². The molecule has 2 aromatic carbocycles. The third-order valence-electron chi connectivity index (χ3n) is 4.81. The number of carbonyl (C=O) groups is 2. The second-order valence-corrected chi connectivity index (χ2v) is 7.41. The Morgan fingerprint density at radius 2 is 1.79 bits per heavy atom. The Labute approximate surface area is 167 Å². The van der Waals surface area contributed by atoms with E-state index in [1.807, 2.05) is 0 Å². The first-order valence-corrected chi connectivity index (χ1v) is 9.98. The molecule has 0 unspecified atom stereocenters. The van der Waals surface area contributed by atoms with Gasteiger partial charge in [0.1, 0.15) is 6.04 Å². The number of carbonyl (C=O) groups excluding carboxylic acids is 2. The largest absolute Gasteiger partial charge is 0.355 e. The van der Waals surface area contributed by atoms with Crippen LogP contribution >= 0.6 is 0 Å². The molecule has 2 aromatic rings. The van der Waals surface area contributed by atoms with E-state index in [9.17, 15) is 9.59 Å². The number of benzene rings is 2. The number of nitrogens with one attached hydrogen (secondary N) is 2. The molecule has 0 aromatic heterocycles. The summed E-state index contributed by atoms with van der Waals surface area (Å²) in [4.78, 5) is 24.2. The predicted octanol–water partition coefficient (Wildman–Crippen LogP) is 2.90. The van der Waals surface area contributed by atoms with Crippen LogP contribution in [0.15, 0.2) is 48.5 Å². The predicted molar refractivity (Wildman–Crippen MR) is 113 cm³/mol. The number of amides is 2. The molecule has 0 saturated heterocycles. The number of quaternary nitrogens is 1. The summed E-state index contributed by atoms with van der Waals surface area (Å²) in [6.45, 7) is 6.85. The molecule has 0 heterocycles. The van der Waals surface area contributed by atoms with Gasteiger partial charge in [-0.05, 0) is 30.2 Å². The summed E-state index contributed by atoms with van der Waals surface area (Å²) in [5.74, 6) is 0.151. The molecule has 0 saturated carbocycles. The van der Waals surface area contributed by atoms with Crippen molar-refractivity contribution in [3.8, 4) is 0 Å². The molecule has 150 valence electrons. The molecule has 2 amide bonds. The molecule has 0 aliphatic heterocycles. The average Bonchev–Trinajstić information content (AvgIpc) is 2.69. The Morgan fingerprint density at radius 1 is 1.07 bits per heavy atom. The highest BCUT2D eigenvalue weighted by Crippen LogP contribution is 2.18. The highest BCUT2D eigenvalue weighted by molar-refractivity contribution is 5.97. The molecule has 5 heteroatoms. The van der Waals surface area contributed by atoms with Gasteiger partial charge in [0.05, 0.1) is 0 Å². The molecule has 0 bridgehead atoms. The number of rotatable bonds is 9. The Morgan fingerprint density at radius 3 is 2.39 bits per heavy atom. The van der Waals surface area contributed by atoms with Gasteiger partial charge in [0.15, 0.2) is 6.54 Å². The van der Waals surface area contributed by atoms with E-state index >= 15 is 0 Å². The molecule has 0 spiro atoms. The minimum Gasteiger partial charge on any atom is -0.355 e. The van der Waals surface area contributed by atoms with E-state index < -0.39 is 0 Å². The average molecular weight is 383 g/mol. The van der Waals surface area contributed by atoms with Gasteiger partial charge in [-0.1, -0.05) is 57.5 Å². The maximum absolute atomic E-state index is 12.4. The van der Waals surface area contributed by atoms with Crippen molar-refractivity contribution in [2.75, 3.05) is 18.9 Å². The van der Waals surface area contributed by atoms with Crippen LogP contribution in [0.2, 0.25) is 0 Å². The molecular weight excluding hydrogens is 350 g/mol. The summed E-state index contributed by atoms with van der Waals surface area (Å²) in [7, 11) is 1.59. The topological polar surface area (TPSA) is 74.8 Å². The van der Waals surface area contributed by atoms with Crippen molar-refractivity contribution >= 4 is 17.5 Å². The molecule has 0 radical (unpaired) electrons. The fraction of sp³-hybridized carbons (Fsp3) is 0.391. The summed E-state index contributed by atoms with van der Waals surface area (Å²) < 4.78 is 0. The van der Waals surface area contributed by atoms with Crippen molar-refractivity contribution in [1.29, 1.82) is 0 Å². The monoisotopic (exact) mass is 382 g/mol. The summed E-state index contributed by atoms with van der Waals surface area (Å²) in [6.07, 6.45) is 2.23. The van der Waals surface area contributed by atoms with Gasteiger partial charge in [-0.25, -0.2) is 0 Å². The van der Waals surface area contributed by atoms with Crippen molar-refractivity contribution in [2.24, 2.45) is 5.92 Å². The minimum absolute atomic E-state index is 0.0812. The second-order valence-electron chi connectivity index (χ2n) is 7.41. The third kappa shape index (κ3) is 6.20. The zero-order valence-electron chi connectivity index (χ0n) is 17.3. The van der Waals surface area contributed by atoms with E-state index in [1.54, 1.807) is 31.3 Å². The number of hydrogen-bond acceptors (Lipinski definition) is 2. The van der Waals surface area contributed by atoms with Gasteiger partial charge >= 0.3 is 0 Å². The van der Waals surface area contributed by atoms with Crippen molar-refractivity contribution < 1.29 is 14.9 Å². The van der Waals surface area contributed by atoms with Crippen molar-refractivity contribution in [2.45, 2.75) is 39.7 Å². The van der Waals surface area contributed by atoms with Crippen LogP contribution in [0, 0.1) is 5.92 Å². The lowest BCUT2D eigenvalue weighted by atomic mass is 9.94. The van der Waals surface area contributed by atoms with E-state index in [-0.39, 0.29) is 17.9 Å². The molecule has 0 fully saturated rings. The summed E-state index contributed by atoms with van der Waals surface area (Å²) in [5.41, 5.74) is 3.74. The van der Waals surface area contributed by atoms with Crippen molar-refractivity contribution in [3.63, 3.8) is 0 Å². The maximum atomic E-state index is 12.4. The lowest BCUT2D eigenvalue weighted by Gasteiger charge is -2.20. The normalized spacial score (nSPS) is 11.9. The Kier molecular flexibility index (Phi) is 8.20. The number of hydrogen-bond donors (Lipinski definition) is 3. The van der Waals surface area contributed by atoms with Crippen LogP contribution in [-0.4, -0.2) is 25.4 Å². The highest BCUT2D eigenvalue weighted by atomic mass is 16.2. The van der Waals surface area contributed by atoms with Gasteiger partial charge in [0.2, 0.25) is 0 Å². The van der Waals surface area contributed by atoms with Crippen molar-refractivity contribution in [1.82, 2.24) is 5.32 Å². The summed E-state index contributed by atoms with van der Waals surface area (Å²) in [5, 5.41) is 7.55. The van der Waals surface area contributed by atoms with Crippen LogP contribution in [0.1, 0.15) is 54.7 Å². The van der Waals surface area contributed by atoms with Crippen LogP contribution in [0.25, 0.3) is 0 Å².